The summed E-state index contributed by atoms with van der Waals surface area (Å²) in [6.45, 7) is 2.50. The summed E-state index contributed by atoms with van der Waals surface area (Å²) >= 11 is 1.71. The maximum absolute atomic E-state index is 12.8. The first kappa shape index (κ1) is 17.3. The first-order chi connectivity index (χ1) is 13.0. The third-order valence-electron chi connectivity index (χ3n) is 4.50. The van der Waals surface area contributed by atoms with E-state index in [1.807, 2.05) is 24.4 Å². The number of benzene rings is 2. The number of nitrogens with zero attached hydrogens (tertiary/aromatic N) is 3. The third-order valence-corrected chi connectivity index (χ3v) is 5.47. The molecule has 0 radical (unpaired) electrons. The Morgan fingerprint density at radius 1 is 1.26 bits per heavy atom. The van der Waals surface area contributed by atoms with Gasteiger partial charge in [-0.25, -0.2) is 4.98 Å². The molecule has 1 aliphatic rings. The van der Waals surface area contributed by atoms with Gasteiger partial charge in [-0.15, -0.1) is 0 Å². The highest BCUT2D eigenvalue weighted by atomic mass is 32.2. The number of nitro groups is 1. The second-order valence-electron chi connectivity index (χ2n) is 6.16. The summed E-state index contributed by atoms with van der Waals surface area (Å²) in [6, 6.07) is 11.9. The van der Waals surface area contributed by atoms with Crippen molar-refractivity contribution in [3.8, 4) is 11.3 Å². The van der Waals surface area contributed by atoms with Crippen LogP contribution in [0.25, 0.3) is 11.3 Å². The zero-order valence-electron chi connectivity index (χ0n) is 14.5. The highest BCUT2D eigenvalue weighted by molar-refractivity contribution is 7.99. The van der Waals surface area contributed by atoms with Gasteiger partial charge in [-0.3, -0.25) is 14.9 Å². The van der Waals surface area contributed by atoms with Gasteiger partial charge in [0.15, 0.2) is 5.16 Å². The Balaban J connectivity index is 1.67. The number of carbonyl (C=O) groups excluding carboxylic acids is 1. The summed E-state index contributed by atoms with van der Waals surface area (Å²) in [5.74, 6) is 0.636. The maximum atomic E-state index is 12.8. The SMILES string of the molecule is Cc1c(C(=O)Nc2ccccc2-c2cn3c(n2)SCC3)cccc1[N+](=O)[O-]. The fourth-order valence-corrected chi connectivity index (χ4v) is 4.06. The second-order valence-corrected chi connectivity index (χ2v) is 7.22. The number of fused-ring (bicyclic) bond motifs is 1. The standard InChI is InChI=1S/C19H16N4O3S/c1-12-13(6-4-8-17(12)23(25)26)18(24)20-15-7-3-2-5-14(15)16-11-22-9-10-27-19(22)21-16/h2-8,11H,9-10H2,1H3,(H,20,24). The Hall–Kier alpha value is -3.13. The van der Waals surface area contributed by atoms with Gasteiger partial charge < -0.3 is 9.88 Å². The normalized spacial score (nSPS) is 12.6. The average Bonchev–Trinajstić information content (AvgIpc) is 3.24. The number of aromatic nitrogens is 2. The molecule has 2 aromatic carbocycles. The molecular formula is C19H16N4O3S. The van der Waals surface area contributed by atoms with Crippen molar-refractivity contribution in [3.63, 3.8) is 0 Å². The molecule has 136 valence electrons. The summed E-state index contributed by atoms with van der Waals surface area (Å²) in [5, 5.41) is 15.0. The number of thioether (sulfide) groups is 1. The Kier molecular flexibility index (Phi) is 4.41. The number of amides is 1. The Morgan fingerprint density at radius 2 is 2.07 bits per heavy atom. The predicted octanol–water partition coefficient (Wildman–Crippen LogP) is 4.12. The highest BCUT2D eigenvalue weighted by Gasteiger charge is 2.20. The third kappa shape index (κ3) is 3.19. The Labute approximate surface area is 159 Å². The zero-order valence-corrected chi connectivity index (χ0v) is 15.3. The van der Waals surface area contributed by atoms with Gasteiger partial charge in [-0.05, 0) is 19.1 Å². The lowest BCUT2D eigenvalue weighted by Gasteiger charge is -2.11. The lowest BCUT2D eigenvalue weighted by molar-refractivity contribution is -0.385. The van der Waals surface area contributed by atoms with Gasteiger partial charge in [-0.1, -0.05) is 36.0 Å². The number of anilines is 1. The van der Waals surface area contributed by atoms with E-state index in [2.05, 4.69) is 14.9 Å². The molecule has 7 nitrogen and oxygen atoms in total. The van der Waals surface area contributed by atoms with Crippen LogP contribution in [0.1, 0.15) is 15.9 Å². The molecule has 1 aromatic heterocycles. The van der Waals surface area contributed by atoms with Crippen LogP contribution < -0.4 is 5.32 Å². The Morgan fingerprint density at radius 3 is 2.85 bits per heavy atom. The molecule has 0 unspecified atom stereocenters. The van der Waals surface area contributed by atoms with Crippen molar-refractivity contribution in [3.05, 3.63) is 69.9 Å². The van der Waals surface area contributed by atoms with Crippen molar-refractivity contribution in [2.75, 3.05) is 11.1 Å². The molecule has 0 spiro atoms. The van der Waals surface area contributed by atoms with Gasteiger partial charge in [0.05, 0.1) is 16.3 Å². The van der Waals surface area contributed by atoms with Crippen LogP contribution in [-0.2, 0) is 6.54 Å². The molecule has 0 saturated heterocycles. The maximum Gasteiger partial charge on any atom is 0.273 e. The number of nitrogens with one attached hydrogen (secondary N) is 1. The van der Waals surface area contributed by atoms with Crippen molar-refractivity contribution >= 4 is 29.0 Å². The van der Waals surface area contributed by atoms with Crippen LogP contribution in [0.5, 0.6) is 0 Å². The van der Waals surface area contributed by atoms with Gasteiger partial charge >= 0.3 is 0 Å². The smallest absolute Gasteiger partial charge is 0.273 e. The zero-order chi connectivity index (χ0) is 19.0. The molecule has 0 aliphatic carbocycles. The fraction of sp³-hybridized carbons (Fsp3) is 0.158. The summed E-state index contributed by atoms with van der Waals surface area (Å²) in [6.07, 6.45) is 1.99. The fourth-order valence-electron chi connectivity index (χ4n) is 3.11. The largest absolute Gasteiger partial charge is 0.325 e. The quantitative estimate of drug-likeness (QED) is 0.543. The molecule has 4 rings (SSSR count). The molecule has 8 heteroatoms. The van der Waals surface area contributed by atoms with E-state index < -0.39 is 4.92 Å². The minimum Gasteiger partial charge on any atom is -0.325 e. The molecule has 0 atom stereocenters. The molecule has 1 aliphatic heterocycles. The monoisotopic (exact) mass is 380 g/mol. The minimum atomic E-state index is -0.482. The van der Waals surface area contributed by atoms with Crippen molar-refractivity contribution < 1.29 is 9.72 Å². The minimum absolute atomic E-state index is 0.0708. The van der Waals surface area contributed by atoms with Crippen LogP contribution in [-0.4, -0.2) is 26.1 Å². The molecule has 0 fully saturated rings. The molecule has 0 saturated carbocycles. The average molecular weight is 380 g/mol. The van der Waals surface area contributed by atoms with E-state index in [1.54, 1.807) is 30.8 Å². The van der Waals surface area contributed by atoms with Gasteiger partial charge in [0, 0.05) is 41.3 Å². The molecule has 2 heterocycles. The van der Waals surface area contributed by atoms with Crippen molar-refractivity contribution in [2.24, 2.45) is 0 Å². The van der Waals surface area contributed by atoms with Crippen LogP contribution in [0.15, 0.2) is 53.8 Å². The molecule has 1 amide bonds. The lowest BCUT2D eigenvalue weighted by Crippen LogP contribution is -2.14. The molecule has 0 bridgehead atoms. The molecule has 3 aromatic rings. The van der Waals surface area contributed by atoms with Crippen LogP contribution in [0.2, 0.25) is 0 Å². The summed E-state index contributed by atoms with van der Waals surface area (Å²) in [5.41, 5.74) is 2.78. The summed E-state index contributed by atoms with van der Waals surface area (Å²) < 4.78 is 2.10. The van der Waals surface area contributed by atoms with Crippen molar-refractivity contribution in [1.29, 1.82) is 0 Å². The van der Waals surface area contributed by atoms with Crippen LogP contribution in [0, 0.1) is 17.0 Å². The number of rotatable bonds is 4. The van der Waals surface area contributed by atoms with E-state index in [9.17, 15) is 14.9 Å². The van der Waals surface area contributed by atoms with Gasteiger partial charge in [0.25, 0.3) is 11.6 Å². The molecule has 27 heavy (non-hydrogen) atoms. The van der Waals surface area contributed by atoms with Crippen molar-refractivity contribution in [1.82, 2.24) is 9.55 Å². The van der Waals surface area contributed by atoms with E-state index in [-0.39, 0.29) is 17.2 Å². The second kappa shape index (κ2) is 6.88. The van der Waals surface area contributed by atoms with Crippen LogP contribution >= 0.6 is 11.8 Å². The van der Waals surface area contributed by atoms with Crippen LogP contribution in [0.3, 0.4) is 0 Å². The predicted molar refractivity (Wildman–Crippen MR) is 104 cm³/mol. The van der Waals surface area contributed by atoms with E-state index >= 15 is 0 Å². The van der Waals surface area contributed by atoms with Gasteiger partial charge in [0.2, 0.25) is 0 Å². The van der Waals surface area contributed by atoms with E-state index in [0.29, 0.717) is 11.3 Å². The highest BCUT2D eigenvalue weighted by Crippen LogP contribution is 2.33. The molecule has 1 N–H and O–H groups in total. The lowest BCUT2D eigenvalue weighted by atomic mass is 10.1. The first-order valence-electron chi connectivity index (χ1n) is 8.39. The molecular weight excluding hydrogens is 364 g/mol. The summed E-state index contributed by atoms with van der Waals surface area (Å²) in [4.78, 5) is 28.1. The van der Waals surface area contributed by atoms with Gasteiger partial charge in [-0.2, -0.15) is 0 Å². The van der Waals surface area contributed by atoms with Crippen LogP contribution in [0.4, 0.5) is 11.4 Å². The number of hydrogen-bond acceptors (Lipinski definition) is 5. The van der Waals surface area contributed by atoms with Gasteiger partial charge in [0.1, 0.15) is 0 Å². The number of para-hydroxylation sites is 1. The Bertz CT molecular complexity index is 1040. The number of imidazole rings is 1. The van der Waals surface area contributed by atoms with E-state index in [1.165, 1.54) is 12.1 Å². The van der Waals surface area contributed by atoms with Crippen molar-refractivity contribution in [2.45, 2.75) is 18.6 Å². The summed E-state index contributed by atoms with van der Waals surface area (Å²) in [7, 11) is 0. The number of aryl methyl sites for hydroxylation is 1. The first-order valence-corrected chi connectivity index (χ1v) is 9.38. The number of carbonyl (C=O) groups is 1. The number of nitro benzene ring substituents is 1. The van der Waals surface area contributed by atoms with E-state index in [0.717, 1.165) is 28.7 Å². The van der Waals surface area contributed by atoms with E-state index in [4.69, 9.17) is 0 Å². The number of hydrogen-bond donors (Lipinski definition) is 1. The topological polar surface area (TPSA) is 90.1 Å².